The molecule has 0 radical (unpaired) electrons. The fourth-order valence-corrected chi connectivity index (χ4v) is 2.63. The summed E-state index contributed by atoms with van der Waals surface area (Å²) < 4.78 is 39.3. The standard InChI is InChI=1S/C16H15BrF3N/c1-11-4-3-5-13(8-11)21(2)14-7-6-12(10-17)15(9-14)16(18,19)20/h3-9H,10H2,1-2H3. The van der Waals surface area contributed by atoms with Crippen LogP contribution in [0.4, 0.5) is 24.5 Å². The van der Waals surface area contributed by atoms with Crippen molar-refractivity contribution in [1.82, 2.24) is 0 Å². The molecule has 0 aliphatic rings. The summed E-state index contributed by atoms with van der Waals surface area (Å²) in [5.74, 6) is 0. The summed E-state index contributed by atoms with van der Waals surface area (Å²) in [6, 6.07) is 12.1. The van der Waals surface area contributed by atoms with E-state index in [4.69, 9.17) is 0 Å². The first-order valence-corrected chi connectivity index (χ1v) is 7.51. The van der Waals surface area contributed by atoms with Crippen LogP contribution >= 0.6 is 15.9 Å². The van der Waals surface area contributed by atoms with Crippen LogP contribution in [-0.2, 0) is 11.5 Å². The molecule has 2 aromatic rings. The lowest BCUT2D eigenvalue weighted by Gasteiger charge is -2.22. The van der Waals surface area contributed by atoms with E-state index in [0.717, 1.165) is 11.3 Å². The highest BCUT2D eigenvalue weighted by atomic mass is 79.9. The molecule has 5 heteroatoms. The van der Waals surface area contributed by atoms with Gasteiger partial charge in [-0.3, -0.25) is 0 Å². The molecule has 0 saturated heterocycles. The number of hydrogen-bond acceptors (Lipinski definition) is 1. The predicted molar refractivity (Wildman–Crippen MR) is 83.3 cm³/mol. The van der Waals surface area contributed by atoms with Gasteiger partial charge in [-0.1, -0.05) is 34.1 Å². The zero-order chi connectivity index (χ0) is 15.6. The van der Waals surface area contributed by atoms with Gasteiger partial charge in [0.2, 0.25) is 0 Å². The maximum atomic E-state index is 13.1. The van der Waals surface area contributed by atoms with Crippen molar-refractivity contribution in [2.45, 2.75) is 18.4 Å². The minimum absolute atomic E-state index is 0.177. The fraction of sp³-hybridized carbons (Fsp3) is 0.250. The van der Waals surface area contributed by atoms with E-state index >= 15 is 0 Å². The molecule has 21 heavy (non-hydrogen) atoms. The SMILES string of the molecule is Cc1cccc(N(C)c2ccc(CBr)c(C(F)(F)F)c2)c1. The number of anilines is 2. The smallest absolute Gasteiger partial charge is 0.345 e. The van der Waals surface area contributed by atoms with Crippen molar-refractivity contribution in [1.29, 1.82) is 0 Å². The lowest BCUT2D eigenvalue weighted by Crippen LogP contribution is -2.13. The van der Waals surface area contributed by atoms with Crippen molar-refractivity contribution in [2.24, 2.45) is 0 Å². The van der Waals surface area contributed by atoms with E-state index in [1.807, 2.05) is 31.2 Å². The molecule has 0 amide bonds. The number of hydrogen-bond donors (Lipinski definition) is 0. The third-order valence-corrected chi connectivity index (χ3v) is 3.92. The van der Waals surface area contributed by atoms with Gasteiger partial charge in [0.15, 0.2) is 0 Å². The van der Waals surface area contributed by atoms with Gasteiger partial charge in [0.05, 0.1) is 5.56 Å². The first-order valence-electron chi connectivity index (χ1n) is 6.39. The van der Waals surface area contributed by atoms with Crippen molar-refractivity contribution in [3.05, 3.63) is 59.2 Å². The largest absolute Gasteiger partial charge is 0.416 e. The molecule has 0 bridgehead atoms. The summed E-state index contributed by atoms with van der Waals surface area (Å²) in [6.07, 6.45) is -4.35. The van der Waals surface area contributed by atoms with Gasteiger partial charge in [-0.25, -0.2) is 0 Å². The van der Waals surface area contributed by atoms with Gasteiger partial charge in [-0.2, -0.15) is 13.2 Å². The van der Waals surface area contributed by atoms with Crippen LogP contribution in [-0.4, -0.2) is 7.05 Å². The van der Waals surface area contributed by atoms with Gasteiger partial charge < -0.3 is 4.90 Å². The van der Waals surface area contributed by atoms with Gasteiger partial charge >= 0.3 is 6.18 Å². The first-order chi connectivity index (χ1) is 9.82. The van der Waals surface area contributed by atoms with Crippen LogP contribution in [0.25, 0.3) is 0 Å². The van der Waals surface area contributed by atoms with E-state index in [0.29, 0.717) is 5.69 Å². The Hall–Kier alpha value is -1.49. The number of benzene rings is 2. The molecule has 0 aliphatic heterocycles. The molecular formula is C16H15BrF3N. The van der Waals surface area contributed by atoms with E-state index in [-0.39, 0.29) is 10.9 Å². The number of rotatable bonds is 3. The van der Waals surface area contributed by atoms with Gasteiger partial charge in [-0.05, 0) is 42.3 Å². The Morgan fingerprint density at radius 1 is 1.05 bits per heavy atom. The number of alkyl halides is 4. The van der Waals surface area contributed by atoms with E-state index < -0.39 is 11.7 Å². The Morgan fingerprint density at radius 3 is 2.29 bits per heavy atom. The first kappa shape index (κ1) is 15.9. The summed E-state index contributed by atoms with van der Waals surface area (Å²) in [6.45, 7) is 1.95. The lowest BCUT2D eigenvalue weighted by atomic mass is 10.1. The molecule has 2 aromatic carbocycles. The molecule has 0 spiro atoms. The van der Waals surface area contributed by atoms with Gasteiger partial charge in [0, 0.05) is 23.8 Å². The molecular weight excluding hydrogens is 343 g/mol. The van der Waals surface area contributed by atoms with Gasteiger partial charge in [0.1, 0.15) is 0 Å². The molecule has 0 saturated carbocycles. The Balaban J connectivity index is 2.45. The van der Waals surface area contributed by atoms with Crippen LogP contribution in [0.3, 0.4) is 0 Å². The molecule has 0 unspecified atom stereocenters. The van der Waals surface area contributed by atoms with E-state index in [1.165, 1.54) is 12.1 Å². The van der Waals surface area contributed by atoms with Crippen molar-refractivity contribution in [3.8, 4) is 0 Å². The summed E-state index contributed by atoms with van der Waals surface area (Å²) in [7, 11) is 1.76. The highest BCUT2D eigenvalue weighted by molar-refractivity contribution is 9.08. The quantitative estimate of drug-likeness (QED) is 0.639. The Bertz CT molecular complexity index is 638. The Morgan fingerprint density at radius 2 is 1.71 bits per heavy atom. The van der Waals surface area contributed by atoms with Crippen LogP contribution < -0.4 is 4.90 Å². The highest BCUT2D eigenvalue weighted by Crippen LogP contribution is 2.36. The second-order valence-corrected chi connectivity index (χ2v) is 5.43. The zero-order valence-electron chi connectivity index (χ0n) is 11.7. The molecule has 0 heterocycles. The molecule has 0 atom stereocenters. The van der Waals surface area contributed by atoms with E-state index in [9.17, 15) is 13.2 Å². The Labute approximate surface area is 130 Å². The lowest BCUT2D eigenvalue weighted by molar-refractivity contribution is -0.138. The number of aryl methyl sites for hydroxylation is 1. The van der Waals surface area contributed by atoms with Crippen LogP contribution in [0.5, 0.6) is 0 Å². The molecule has 2 rings (SSSR count). The van der Waals surface area contributed by atoms with Crippen LogP contribution in [0, 0.1) is 6.92 Å². The van der Waals surface area contributed by atoms with Crippen molar-refractivity contribution >= 4 is 27.3 Å². The third-order valence-electron chi connectivity index (χ3n) is 3.32. The maximum absolute atomic E-state index is 13.1. The van der Waals surface area contributed by atoms with Crippen LogP contribution in [0.1, 0.15) is 16.7 Å². The molecule has 0 fully saturated rings. The summed E-state index contributed by atoms with van der Waals surface area (Å²) in [4.78, 5) is 1.75. The molecule has 112 valence electrons. The minimum atomic E-state index is -4.35. The average molecular weight is 358 g/mol. The molecule has 0 N–H and O–H groups in total. The number of halogens is 4. The molecule has 0 aliphatic carbocycles. The summed E-state index contributed by atoms with van der Waals surface area (Å²) in [5.41, 5.74) is 2.07. The summed E-state index contributed by atoms with van der Waals surface area (Å²) >= 11 is 3.10. The minimum Gasteiger partial charge on any atom is -0.345 e. The van der Waals surface area contributed by atoms with E-state index in [2.05, 4.69) is 15.9 Å². The average Bonchev–Trinajstić information content (AvgIpc) is 2.45. The zero-order valence-corrected chi connectivity index (χ0v) is 13.3. The monoisotopic (exact) mass is 357 g/mol. The topological polar surface area (TPSA) is 3.24 Å². The van der Waals surface area contributed by atoms with Crippen molar-refractivity contribution < 1.29 is 13.2 Å². The van der Waals surface area contributed by atoms with Gasteiger partial charge in [0.25, 0.3) is 0 Å². The predicted octanol–water partition coefficient (Wildman–Crippen LogP) is 5.68. The second kappa shape index (κ2) is 6.10. The fourth-order valence-electron chi connectivity index (χ4n) is 2.14. The molecule has 1 nitrogen and oxygen atoms in total. The molecule has 0 aromatic heterocycles. The maximum Gasteiger partial charge on any atom is 0.416 e. The van der Waals surface area contributed by atoms with Crippen molar-refractivity contribution in [3.63, 3.8) is 0 Å². The van der Waals surface area contributed by atoms with Crippen LogP contribution in [0.15, 0.2) is 42.5 Å². The normalized spacial score (nSPS) is 11.5. The Kier molecular flexibility index (Phi) is 4.61. The summed E-state index contributed by atoms with van der Waals surface area (Å²) in [5, 5.41) is 0.177. The second-order valence-electron chi connectivity index (χ2n) is 4.87. The highest BCUT2D eigenvalue weighted by Gasteiger charge is 2.33. The number of nitrogens with zero attached hydrogens (tertiary/aromatic N) is 1. The van der Waals surface area contributed by atoms with Crippen LogP contribution in [0.2, 0.25) is 0 Å². The van der Waals surface area contributed by atoms with Gasteiger partial charge in [-0.15, -0.1) is 0 Å². The third kappa shape index (κ3) is 3.59. The van der Waals surface area contributed by atoms with E-state index in [1.54, 1.807) is 18.0 Å². The van der Waals surface area contributed by atoms with Crippen molar-refractivity contribution in [2.75, 3.05) is 11.9 Å².